The van der Waals surface area contributed by atoms with Gasteiger partial charge in [-0.05, 0) is 48.2 Å². The summed E-state index contributed by atoms with van der Waals surface area (Å²) in [7, 11) is 0. The number of nitrogens with one attached hydrogen (secondary N) is 1. The highest BCUT2D eigenvalue weighted by molar-refractivity contribution is 5.36. The third-order valence-electron chi connectivity index (χ3n) is 3.98. The molecule has 2 atom stereocenters. The van der Waals surface area contributed by atoms with Gasteiger partial charge in [-0.3, -0.25) is 11.3 Å². The maximum absolute atomic E-state index is 13.6. The lowest BCUT2D eigenvalue weighted by Gasteiger charge is -2.31. The maximum atomic E-state index is 13.6. The minimum Gasteiger partial charge on any atom is -0.493 e. The molecule has 0 radical (unpaired) electrons. The van der Waals surface area contributed by atoms with Gasteiger partial charge in [0.05, 0.1) is 12.6 Å². The van der Waals surface area contributed by atoms with E-state index in [1.54, 1.807) is 0 Å². The van der Waals surface area contributed by atoms with Crippen LogP contribution in [-0.2, 0) is 6.42 Å². The summed E-state index contributed by atoms with van der Waals surface area (Å²) >= 11 is 0. The molecule has 21 heavy (non-hydrogen) atoms. The zero-order valence-corrected chi connectivity index (χ0v) is 12.0. The van der Waals surface area contributed by atoms with Crippen molar-refractivity contribution in [2.75, 3.05) is 6.61 Å². The first-order valence-corrected chi connectivity index (χ1v) is 7.11. The van der Waals surface area contributed by atoms with E-state index in [1.807, 2.05) is 31.2 Å². The van der Waals surface area contributed by atoms with Crippen molar-refractivity contribution >= 4 is 0 Å². The van der Waals surface area contributed by atoms with E-state index in [1.165, 1.54) is 17.7 Å². The van der Waals surface area contributed by atoms with Crippen molar-refractivity contribution in [3.05, 3.63) is 65.0 Å². The molecular weight excluding hydrogens is 267 g/mol. The Morgan fingerprint density at radius 1 is 1.29 bits per heavy atom. The molecule has 2 aromatic carbocycles. The van der Waals surface area contributed by atoms with E-state index in [9.17, 15) is 4.39 Å². The average Bonchev–Trinajstić information content (AvgIpc) is 2.47. The van der Waals surface area contributed by atoms with Gasteiger partial charge >= 0.3 is 0 Å². The van der Waals surface area contributed by atoms with Crippen LogP contribution in [0, 0.1) is 18.7 Å². The smallest absolute Gasteiger partial charge is 0.123 e. The van der Waals surface area contributed by atoms with Crippen molar-refractivity contribution in [2.45, 2.75) is 19.4 Å². The number of hydrazine groups is 1. The average molecular weight is 286 g/mol. The first-order chi connectivity index (χ1) is 10.2. The standard InChI is InChI=1S/C17H19FN2O/c1-11-6-13(9-15(18)7-11)17(20-19)14-8-12-4-2-3-5-16(12)21-10-14/h2-7,9,14,17,20H,8,10,19H2,1H3. The maximum Gasteiger partial charge on any atom is 0.123 e. The predicted molar refractivity (Wildman–Crippen MR) is 80.3 cm³/mol. The number of ether oxygens (including phenoxy) is 1. The molecule has 0 saturated carbocycles. The fraction of sp³-hybridized carbons (Fsp3) is 0.294. The van der Waals surface area contributed by atoms with Gasteiger partial charge in [0.2, 0.25) is 0 Å². The lowest BCUT2D eigenvalue weighted by molar-refractivity contribution is 0.184. The first kappa shape index (κ1) is 14.0. The monoisotopic (exact) mass is 286 g/mol. The second kappa shape index (κ2) is 5.84. The van der Waals surface area contributed by atoms with Gasteiger partial charge in [0.25, 0.3) is 0 Å². The first-order valence-electron chi connectivity index (χ1n) is 7.11. The molecule has 0 aromatic heterocycles. The van der Waals surface area contributed by atoms with Gasteiger partial charge in [0.15, 0.2) is 0 Å². The fourth-order valence-electron chi connectivity index (χ4n) is 3.01. The molecule has 0 amide bonds. The van der Waals surface area contributed by atoms with Crippen molar-refractivity contribution in [3.8, 4) is 5.75 Å². The third kappa shape index (κ3) is 2.91. The predicted octanol–water partition coefficient (Wildman–Crippen LogP) is 2.89. The van der Waals surface area contributed by atoms with E-state index >= 15 is 0 Å². The molecule has 3 N–H and O–H groups in total. The molecule has 0 aliphatic carbocycles. The summed E-state index contributed by atoms with van der Waals surface area (Å²) in [6.07, 6.45) is 0.862. The van der Waals surface area contributed by atoms with Crippen LogP contribution in [0.25, 0.3) is 0 Å². The molecule has 0 saturated heterocycles. The Balaban J connectivity index is 1.88. The Labute approximate surface area is 123 Å². The summed E-state index contributed by atoms with van der Waals surface area (Å²) in [5.74, 6) is 6.60. The number of fused-ring (bicyclic) bond motifs is 1. The van der Waals surface area contributed by atoms with E-state index in [0.29, 0.717) is 6.61 Å². The quantitative estimate of drug-likeness (QED) is 0.674. The van der Waals surface area contributed by atoms with Crippen LogP contribution in [0.15, 0.2) is 42.5 Å². The summed E-state index contributed by atoms with van der Waals surface area (Å²) in [6, 6.07) is 12.9. The van der Waals surface area contributed by atoms with E-state index in [0.717, 1.165) is 23.3 Å². The molecule has 2 aromatic rings. The van der Waals surface area contributed by atoms with Crippen LogP contribution in [0.3, 0.4) is 0 Å². The fourth-order valence-corrected chi connectivity index (χ4v) is 3.01. The van der Waals surface area contributed by atoms with Gasteiger partial charge in [0.1, 0.15) is 11.6 Å². The van der Waals surface area contributed by atoms with Gasteiger partial charge in [-0.15, -0.1) is 0 Å². The summed E-state index contributed by atoms with van der Waals surface area (Å²) in [4.78, 5) is 0. The van der Waals surface area contributed by atoms with Crippen LogP contribution in [0.1, 0.15) is 22.7 Å². The zero-order valence-electron chi connectivity index (χ0n) is 12.0. The lowest BCUT2D eigenvalue weighted by Crippen LogP contribution is -2.38. The lowest BCUT2D eigenvalue weighted by atomic mass is 9.86. The van der Waals surface area contributed by atoms with Crippen LogP contribution in [0.4, 0.5) is 4.39 Å². The van der Waals surface area contributed by atoms with Crippen LogP contribution in [0.5, 0.6) is 5.75 Å². The number of halogens is 1. The molecule has 0 spiro atoms. The molecule has 3 nitrogen and oxygen atoms in total. The van der Waals surface area contributed by atoms with Crippen molar-refractivity contribution in [2.24, 2.45) is 11.8 Å². The van der Waals surface area contributed by atoms with E-state index in [2.05, 4.69) is 11.5 Å². The minimum atomic E-state index is -0.234. The van der Waals surface area contributed by atoms with Gasteiger partial charge in [-0.1, -0.05) is 24.3 Å². The number of aryl methyl sites for hydroxylation is 1. The summed E-state index contributed by atoms with van der Waals surface area (Å²) in [6.45, 7) is 2.45. The van der Waals surface area contributed by atoms with Crippen LogP contribution < -0.4 is 16.0 Å². The highest BCUT2D eigenvalue weighted by atomic mass is 19.1. The van der Waals surface area contributed by atoms with E-state index in [4.69, 9.17) is 10.6 Å². The number of hydrogen-bond donors (Lipinski definition) is 2. The van der Waals surface area contributed by atoms with Gasteiger partial charge in [0, 0.05) is 5.92 Å². The number of rotatable bonds is 3. The normalized spacial score (nSPS) is 18.7. The number of para-hydroxylation sites is 1. The Kier molecular flexibility index (Phi) is 3.90. The minimum absolute atomic E-state index is 0.132. The highest BCUT2D eigenvalue weighted by Crippen LogP contribution is 2.33. The third-order valence-corrected chi connectivity index (χ3v) is 3.98. The molecule has 3 rings (SSSR count). The number of hydrogen-bond acceptors (Lipinski definition) is 3. The van der Waals surface area contributed by atoms with E-state index < -0.39 is 0 Å². The molecular formula is C17H19FN2O. The van der Waals surface area contributed by atoms with Crippen LogP contribution in [-0.4, -0.2) is 6.61 Å². The van der Waals surface area contributed by atoms with Crippen LogP contribution >= 0.6 is 0 Å². The summed E-state index contributed by atoms with van der Waals surface area (Å²) in [5, 5.41) is 0. The zero-order chi connectivity index (χ0) is 14.8. The molecule has 110 valence electrons. The molecule has 4 heteroatoms. The molecule has 1 aliphatic heterocycles. The Morgan fingerprint density at radius 3 is 2.86 bits per heavy atom. The number of nitrogens with two attached hydrogens (primary N) is 1. The Hall–Kier alpha value is -1.91. The Bertz CT molecular complexity index is 624. The molecule has 0 bridgehead atoms. The molecule has 0 fully saturated rings. The highest BCUT2D eigenvalue weighted by Gasteiger charge is 2.28. The van der Waals surface area contributed by atoms with E-state index in [-0.39, 0.29) is 17.8 Å². The molecule has 2 unspecified atom stereocenters. The van der Waals surface area contributed by atoms with Gasteiger partial charge in [-0.2, -0.15) is 0 Å². The van der Waals surface area contributed by atoms with Crippen molar-refractivity contribution in [3.63, 3.8) is 0 Å². The summed E-state index contributed by atoms with van der Waals surface area (Å²) in [5.41, 5.74) is 5.75. The van der Waals surface area contributed by atoms with Crippen molar-refractivity contribution < 1.29 is 9.13 Å². The van der Waals surface area contributed by atoms with Gasteiger partial charge in [-0.25, -0.2) is 4.39 Å². The van der Waals surface area contributed by atoms with Gasteiger partial charge < -0.3 is 4.74 Å². The SMILES string of the molecule is Cc1cc(F)cc(C(NN)C2COc3ccccc3C2)c1. The second-order valence-corrected chi connectivity index (χ2v) is 5.59. The van der Waals surface area contributed by atoms with Crippen LogP contribution in [0.2, 0.25) is 0 Å². The molecule has 1 aliphatic rings. The Morgan fingerprint density at radius 2 is 2.10 bits per heavy atom. The largest absolute Gasteiger partial charge is 0.493 e. The topological polar surface area (TPSA) is 47.3 Å². The van der Waals surface area contributed by atoms with Crippen molar-refractivity contribution in [1.82, 2.24) is 5.43 Å². The summed E-state index contributed by atoms with van der Waals surface area (Å²) < 4.78 is 19.4. The second-order valence-electron chi connectivity index (χ2n) is 5.59. The number of benzene rings is 2. The van der Waals surface area contributed by atoms with Crippen molar-refractivity contribution in [1.29, 1.82) is 0 Å². The molecule has 1 heterocycles.